The van der Waals surface area contributed by atoms with E-state index in [1.807, 2.05) is 33.3 Å². The fourth-order valence-corrected chi connectivity index (χ4v) is 7.27. The van der Waals surface area contributed by atoms with Gasteiger partial charge in [-0.2, -0.15) is 0 Å². The van der Waals surface area contributed by atoms with Crippen LogP contribution in [0, 0.1) is 11.8 Å². The first-order valence-electron chi connectivity index (χ1n) is 21.7. The van der Waals surface area contributed by atoms with Crippen LogP contribution >= 0.6 is 7.82 Å². The molecule has 7 atom stereocenters. The molecule has 0 saturated heterocycles. The molecule has 0 aromatic carbocycles. The number of esters is 1. The van der Waals surface area contributed by atoms with Gasteiger partial charge in [-0.15, -0.1) is 0 Å². The normalized spacial score (nSPS) is 21.4. The summed E-state index contributed by atoms with van der Waals surface area (Å²) in [5, 5.41) is 31.4. The Balaban J connectivity index is 2.55. The van der Waals surface area contributed by atoms with Crippen molar-refractivity contribution in [2.75, 3.05) is 47.5 Å². The summed E-state index contributed by atoms with van der Waals surface area (Å²) in [6.07, 6.45) is 32.0. The maximum atomic E-state index is 12.8. The van der Waals surface area contributed by atoms with Crippen LogP contribution in [0.25, 0.3) is 0 Å². The molecule has 0 radical (unpaired) electrons. The third kappa shape index (κ3) is 28.6. The predicted octanol–water partition coefficient (Wildman–Crippen LogP) is 8.48. The van der Waals surface area contributed by atoms with Crippen molar-refractivity contribution in [3.63, 3.8) is 0 Å². The van der Waals surface area contributed by atoms with Crippen LogP contribution in [-0.4, -0.2) is 97.7 Å². The fraction of sp³-hybridized carbons (Fsp3) is 0.795. The van der Waals surface area contributed by atoms with Gasteiger partial charge in [-0.25, -0.2) is 0 Å². The number of hydrogen-bond donors (Lipinski definition) is 3. The third-order valence-electron chi connectivity index (χ3n) is 10.0. The maximum Gasteiger partial charge on any atom is 0.310 e. The molecule has 326 valence electrons. The van der Waals surface area contributed by atoms with Gasteiger partial charge in [0.05, 0.1) is 58.7 Å². The number of allylic oxidation sites excluding steroid dienone is 4. The van der Waals surface area contributed by atoms with Gasteiger partial charge in [-0.05, 0) is 63.4 Å². The molecular weight excluding hydrogens is 733 g/mol. The molecule has 12 heteroatoms. The molecule has 1 aliphatic carbocycles. The highest BCUT2D eigenvalue weighted by molar-refractivity contribution is 7.45. The lowest BCUT2D eigenvalue weighted by Gasteiger charge is -2.28. The van der Waals surface area contributed by atoms with Gasteiger partial charge in [-0.1, -0.05) is 115 Å². The van der Waals surface area contributed by atoms with E-state index >= 15 is 0 Å². The summed E-state index contributed by atoms with van der Waals surface area (Å²) in [4.78, 5) is 25.2. The molecule has 0 amide bonds. The number of ether oxygens (including phenoxy) is 2. The van der Waals surface area contributed by atoms with Crippen LogP contribution in [0.15, 0.2) is 48.8 Å². The van der Waals surface area contributed by atoms with Crippen LogP contribution < -0.4 is 4.89 Å². The second-order valence-electron chi connectivity index (χ2n) is 16.4. The minimum absolute atomic E-state index is 0.0440. The lowest BCUT2D eigenvalue weighted by Crippen LogP contribution is -2.37. The number of phosphoric acid groups is 1. The Morgan fingerprint density at radius 1 is 0.804 bits per heavy atom. The van der Waals surface area contributed by atoms with Gasteiger partial charge in [0, 0.05) is 12.3 Å². The Labute approximate surface area is 340 Å². The number of unbranched alkanes of at least 4 members (excludes halogenated alkanes) is 13. The highest BCUT2D eigenvalue weighted by Crippen LogP contribution is 2.38. The highest BCUT2D eigenvalue weighted by atomic mass is 31.2. The molecule has 0 heterocycles. The molecule has 1 aliphatic rings. The van der Waals surface area contributed by atoms with Crippen LogP contribution in [0.5, 0.6) is 0 Å². The molecule has 0 aromatic rings. The summed E-state index contributed by atoms with van der Waals surface area (Å²) >= 11 is 0. The number of phosphoric ester groups is 1. The molecule has 1 unspecified atom stereocenters. The summed E-state index contributed by atoms with van der Waals surface area (Å²) in [7, 11) is 1.12. The first-order chi connectivity index (χ1) is 26.8. The average molecular weight is 814 g/mol. The largest absolute Gasteiger partial charge is 0.756 e. The van der Waals surface area contributed by atoms with Gasteiger partial charge in [0.25, 0.3) is 7.82 Å². The third-order valence-corrected chi connectivity index (χ3v) is 11.0. The molecule has 0 bridgehead atoms. The minimum atomic E-state index is -4.64. The van der Waals surface area contributed by atoms with E-state index in [1.165, 1.54) is 57.8 Å². The van der Waals surface area contributed by atoms with E-state index in [4.69, 9.17) is 18.5 Å². The van der Waals surface area contributed by atoms with E-state index in [0.717, 1.165) is 44.9 Å². The molecule has 1 fully saturated rings. The number of carbonyl (C=O) groups excluding carboxylic acids is 1. The van der Waals surface area contributed by atoms with E-state index in [0.29, 0.717) is 23.9 Å². The number of rotatable bonds is 35. The number of aliphatic hydroxyl groups is 3. The molecule has 11 nitrogen and oxygen atoms in total. The van der Waals surface area contributed by atoms with Crippen LogP contribution in [0.3, 0.4) is 0 Å². The quantitative estimate of drug-likeness (QED) is 0.0142. The van der Waals surface area contributed by atoms with Crippen molar-refractivity contribution in [1.82, 2.24) is 0 Å². The SMILES string of the molecule is CCCCCCCC/C=C\CCCCCC/C=C/OC[C@H](COP(=O)([O-])OCC[N+](C)(C)C)OC(=O)C/C=C\C[C@H]1[C@@H](/C=C/[C@H](O)CCCCC)[C@H](O)C[C@@H]1O. The van der Waals surface area contributed by atoms with Crippen LogP contribution in [-0.2, 0) is 27.9 Å². The molecule has 3 N–H and O–H groups in total. The Hall–Kier alpha value is -1.82. The van der Waals surface area contributed by atoms with Crippen LogP contribution in [0.2, 0.25) is 0 Å². The first kappa shape index (κ1) is 52.2. The summed E-state index contributed by atoms with van der Waals surface area (Å²) in [5.74, 6) is -1.17. The Morgan fingerprint density at radius 3 is 2.05 bits per heavy atom. The van der Waals surface area contributed by atoms with E-state index in [-0.39, 0.29) is 37.9 Å². The van der Waals surface area contributed by atoms with Gasteiger partial charge in [0.15, 0.2) is 6.10 Å². The topological polar surface area (TPSA) is 155 Å². The summed E-state index contributed by atoms with van der Waals surface area (Å²) < 4.78 is 34.2. The van der Waals surface area contributed by atoms with Crippen molar-refractivity contribution in [1.29, 1.82) is 0 Å². The van der Waals surface area contributed by atoms with E-state index in [1.54, 1.807) is 24.5 Å². The Morgan fingerprint density at radius 2 is 1.41 bits per heavy atom. The van der Waals surface area contributed by atoms with Crippen molar-refractivity contribution in [2.24, 2.45) is 11.8 Å². The van der Waals surface area contributed by atoms with Crippen LogP contribution in [0.4, 0.5) is 0 Å². The second-order valence-corrected chi connectivity index (χ2v) is 17.8. The predicted molar refractivity (Wildman–Crippen MR) is 223 cm³/mol. The number of likely N-dealkylation sites (N-methyl/N-ethyl adjacent to an activating group) is 1. The minimum Gasteiger partial charge on any atom is -0.756 e. The molecule has 1 saturated carbocycles. The number of nitrogens with zero attached hydrogens (tertiary/aromatic N) is 1. The standard InChI is InChI=1S/C44H80NO10P/c1-6-8-10-11-12-13-14-15-16-17-18-19-20-21-22-26-33-52-36-39(37-54-56(50,51)53-34-32-45(3,4)5)55-44(49)29-25-24-28-40-41(43(48)35-42(40)47)31-30-38(46)27-23-9-7-2/h15-16,24-26,30-31,33,38-43,46-48H,6-14,17-23,27-29,32,34-37H2,1-5H3/b16-15-,25-24-,31-30+,33-26+/t38-,39-,40+,41-,42+,43-/m1/s1. The van der Waals surface area contributed by atoms with Crippen molar-refractivity contribution in [3.8, 4) is 0 Å². The van der Waals surface area contributed by atoms with E-state index in [2.05, 4.69) is 26.0 Å². The maximum absolute atomic E-state index is 12.8. The molecule has 1 rings (SSSR count). The van der Waals surface area contributed by atoms with Gasteiger partial charge < -0.3 is 43.2 Å². The van der Waals surface area contributed by atoms with E-state index in [9.17, 15) is 29.6 Å². The van der Waals surface area contributed by atoms with Crippen LogP contribution in [0.1, 0.15) is 142 Å². The highest BCUT2D eigenvalue weighted by Gasteiger charge is 2.39. The number of carbonyl (C=O) groups is 1. The van der Waals surface area contributed by atoms with Crippen molar-refractivity contribution in [3.05, 3.63) is 48.8 Å². The fourth-order valence-electron chi connectivity index (χ4n) is 6.54. The summed E-state index contributed by atoms with van der Waals surface area (Å²) in [6.45, 7) is 4.22. The summed E-state index contributed by atoms with van der Waals surface area (Å²) in [6, 6.07) is 0. The lowest BCUT2D eigenvalue weighted by molar-refractivity contribution is -0.870. The summed E-state index contributed by atoms with van der Waals surface area (Å²) in [5.41, 5.74) is 0. The first-order valence-corrected chi connectivity index (χ1v) is 23.1. The van der Waals surface area contributed by atoms with Gasteiger partial charge >= 0.3 is 5.97 Å². The average Bonchev–Trinajstić information content (AvgIpc) is 3.40. The zero-order valence-electron chi connectivity index (χ0n) is 35.6. The number of quaternary nitrogens is 1. The van der Waals surface area contributed by atoms with Crippen molar-refractivity contribution in [2.45, 2.75) is 167 Å². The Bertz CT molecular complexity index is 1150. The van der Waals surface area contributed by atoms with Crippen molar-refractivity contribution < 1.29 is 52.6 Å². The second kappa shape index (κ2) is 32.1. The molecule has 0 aliphatic heterocycles. The molecular formula is C44H80NO10P. The van der Waals surface area contributed by atoms with Gasteiger partial charge in [-0.3, -0.25) is 9.36 Å². The number of aliphatic hydroxyl groups excluding tert-OH is 3. The van der Waals surface area contributed by atoms with E-state index < -0.39 is 44.8 Å². The molecule has 56 heavy (non-hydrogen) atoms. The van der Waals surface area contributed by atoms with Crippen molar-refractivity contribution >= 4 is 13.8 Å². The lowest BCUT2D eigenvalue weighted by atomic mass is 9.89. The zero-order chi connectivity index (χ0) is 41.5. The van der Waals surface area contributed by atoms with Gasteiger partial charge in [0.2, 0.25) is 0 Å². The van der Waals surface area contributed by atoms with Gasteiger partial charge in [0.1, 0.15) is 19.8 Å². The molecule has 0 aromatic heterocycles. The molecule has 0 spiro atoms. The zero-order valence-corrected chi connectivity index (χ0v) is 36.5. The Kier molecular flexibility index (Phi) is 29.9. The number of hydrogen-bond acceptors (Lipinski definition) is 10. The monoisotopic (exact) mass is 814 g/mol. The smallest absolute Gasteiger partial charge is 0.310 e.